The van der Waals surface area contributed by atoms with Crippen LogP contribution in [-0.2, 0) is 0 Å². The van der Waals surface area contributed by atoms with E-state index >= 15 is 0 Å². The van der Waals surface area contributed by atoms with Crippen molar-refractivity contribution in [3.05, 3.63) is 30.5 Å². The van der Waals surface area contributed by atoms with Crippen molar-refractivity contribution < 1.29 is 0 Å². The van der Waals surface area contributed by atoms with E-state index in [1.165, 1.54) is 19.3 Å². The van der Waals surface area contributed by atoms with Crippen molar-refractivity contribution in [1.82, 2.24) is 4.98 Å². The highest BCUT2D eigenvalue weighted by Gasteiger charge is 2.26. The minimum atomic E-state index is 0.534. The van der Waals surface area contributed by atoms with E-state index in [0.29, 0.717) is 11.3 Å². The zero-order valence-corrected chi connectivity index (χ0v) is 11.9. The summed E-state index contributed by atoms with van der Waals surface area (Å²) >= 11 is 1.95. The predicted molar refractivity (Wildman–Crippen MR) is 84.7 cm³/mol. The number of thioether (sulfide) groups is 1. The second-order valence-electron chi connectivity index (χ2n) is 5.05. The first-order valence-electron chi connectivity index (χ1n) is 6.72. The molecule has 0 amide bonds. The molecule has 1 aromatic carbocycles. The Balaban J connectivity index is 1.91. The lowest BCUT2D eigenvalue weighted by atomic mass is 10.1. The lowest BCUT2D eigenvalue weighted by molar-refractivity contribution is 0.769. The third-order valence-electron chi connectivity index (χ3n) is 3.92. The Morgan fingerprint density at radius 2 is 2.21 bits per heavy atom. The Morgan fingerprint density at radius 3 is 3.05 bits per heavy atom. The van der Waals surface area contributed by atoms with Crippen molar-refractivity contribution in [2.45, 2.75) is 30.6 Å². The molecular formula is C15H19N3S. The Labute approximate surface area is 118 Å². The molecule has 2 atom stereocenters. The van der Waals surface area contributed by atoms with Crippen molar-refractivity contribution in [3.63, 3.8) is 0 Å². The van der Waals surface area contributed by atoms with Crippen LogP contribution in [0.3, 0.4) is 0 Å². The molecule has 0 aliphatic heterocycles. The van der Waals surface area contributed by atoms with E-state index < -0.39 is 0 Å². The molecule has 0 saturated heterocycles. The highest BCUT2D eigenvalue weighted by Crippen LogP contribution is 2.34. The number of nitrogens with two attached hydrogens (primary N) is 1. The summed E-state index contributed by atoms with van der Waals surface area (Å²) in [6.07, 6.45) is 7.83. The fraction of sp³-hybridized carbons (Fsp3) is 0.400. The summed E-state index contributed by atoms with van der Waals surface area (Å²) in [5.41, 5.74) is 9.10. The number of nitrogen functional groups attached to an aromatic ring is 1. The smallest absolute Gasteiger partial charge is 0.0724 e. The molecular weight excluding hydrogens is 254 g/mol. The van der Waals surface area contributed by atoms with E-state index in [-0.39, 0.29) is 0 Å². The molecule has 3 nitrogen and oxygen atoms in total. The zero-order chi connectivity index (χ0) is 13.2. The first-order valence-corrected chi connectivity index (χ1v) is 8.01. The minimum Gasteiger partial charge on any atom is -0.397 e. The Hall–Kier alpha value is -1.42. The van der Waals surface area contributed by atoms with Crippen LogP contribution in [0.25, 0.3) is 10.9 Å². The van der Waals surface area contributed by atoms with Crippen molar-refractivity contribution in [2.24, 2.45) is 0 Å². The lowest BCUT2D eigenvalue weighted by Crippen LogP contribution is -2.26. The molecule has 1 fully saturated rings. The SMILES string of the molecule is CSC1CCCC1Nc1ccc2ncccc2c1N. The molecule has 3 rings (SSSR count). The molecule has 1 aliphatic carbocycles. The quantitative estimate of drug-likeness (QED) is 0.840. The molecule has 1 aliphatic rings. The van der Waals surface area contributed by atoms with E-state index in [1.807, 2.05) is 30.0 Å². The van der Waals surface area contributed by atoms with Crippen molar-refractivity contribution >= 4 is 34.0 Å². The van der Waals surface area contributed by atoms with Crippen molar-refractivity contribution in [2.75, 3.05) is 17.3 Å². The van der Waals surface area contributed by atoms with Crippen LogP contribution in [0, 0.1) is 0 Å². The number of rotatable bonds is 3. The molecule has 2 aromatic rings. The van der Waals surface area contributed by atoms with Crippen LogP contribution in [0.1, 0.15) is 19.3 Å². The normalized spacial score (nSPS) is 22.8. The maximum atomic E-state index is 6.27. The fourth-order valence-electron chi connectivity index (χ4n) is 2.87. The van der Waals surface area contributed by atoms with Crippen LogP contribution in [0.5, 0.6) is 0 Å². The summed E-state index contributed by atoms with van der Waals surface area (Å²) in [5, 5.41) is 5.36. The van der Waals surface area contributed by atoms with E-state index in [2.05, 4.69) is 22.6 Å². The van der Waals surface area contributed by atoms with E-state index in [1.54, 1.807) is 6.20 Å². The maximum Gasteiger partial charge on any atom is 0.0724 e. The average Bonchev–Trinajstić information content (AvgIpc) is 2.89. The summed E-state index contributed by atoms with van der Waals surface area (Å²) in [5.74, 6) is 0. The van der Waals surface area contributed by atoms with E-state index in [0.717, 1.165) is 22.3 Å². The van der Waals surface area contributed by atoms with Gasteiger partial charge in [0.25, 0.3) is 0 Å². The number of nitrogens with zero attached hydrogens (tertiary/aromatic N) is 1. The molecule has 0 spiro atoms. The monoisotopic (exact) mass is 273 g/mol. The molecule has 4 heteroatoms. The lowest BCUT2D eigenvalue weighted by Gasteiger charge is -2.22. The van der Waals surface area contributed by atoms with Crippen molar-refractivity contribution in [1.29, 1.82) is 0 Å². The molecule has 1 heterocycles. The molecule has 19 heavy (non-hydrogen) atoms. The van der Waals surface area contributed by atoms with Gasteiger partial charge in [-0.05, 0) is 43.4 Å². The number of benzene rings is 1. The predicted octanol–water partition coefficient (Wildman–Crippen LogP) is 3.51. The molecule has 1 saturated carbocycles. The maximum absolute atomic E-state index is 6.27. The second-order valence-corrected chi connectivity index (χ2v) is 6.13. The number of fused-ring (bicyclic) bond motifs is 1. The molecule has 3 N–H and O–H groups in total. The van der Waals surface area contributed by atoms with Gasteiger partial charge >= 0.3 is 0 Å². The summed E-state index contributed by atoms with van der Waals surface area (Å²) in [4.78, 5) is 4.33. The van der Waals surface area contributed by atoms with Gasteiger partial charge in [-0.15, -0.1) is 0 Å². The van der Waals surface area contributed by atoms with Gasteiger partial charge in [-0.1, -0.05) is 6.42 Å². The third-order valence-corrected chi connectivity index (χ3v) is 5.09. The summed E-state index contributed by atoms with van der Waals surface area (Å²) in [6, 6.07) is 8.59. The number of hydrogen-bond acceptors (Lipinski definition) is 4. The molecule has 0 bridgehead atoms. The first-order chi connectivity index (χ1) is 9.29. The summed E-state index contributed by atoms with van der Waals surface area (Å²) in [6.45, 7) is 0. The van der Waals surface area contributed by atoms with Gasteiger partial charge < -0.3 is 11.1 Å². The minimum absolute atomic E-state index is 0.534. The van der Waals surface area contributed by atoms with Gasteiger partial charge in [0.05, 0.1) is 16.9 Å². The molecule has 2 unspecified atom stereocenters. The standard InChI is InChI=1S/C15H19N3S/c1-19-14-6-2-5-12(14)18-13-8-7-11-10(15(13)16)4-3-9-17-11/h3-4,7-9,12,14,18H,2,5-6,16H2,1H3. The van der Waals surface area contributed by atoms with Crippen LogP contribution in [0.4, 0.5) is 11.4 Å². The van der Waals surface area contributed by atoms with Crippen LogP contribution >= 0.6 is 11.8 Å². The van der Waals surface area contributed by atoms with Gasteiger partial charge in [-0.3, -0.25) is 4.98 Å². The van der Waals surface area contributed by atoms with Gasteiger partial charge in [0.1, 0.15) is 0 Å². The first kappa shape index (κ1) is 12.6. The van der Waals surface area contributed by atoms with Gasteiger partial charge in [0.2, 0.25) is 0 Å². The van der Waals surface area contributed by atoms with Crippen LogP contribution < -0.4 is 11.1 Å². The van der Waals surface area contributed by atoms with Gasteiger partial charge in [0, 0.05) is 22.9 Å². The number of pyridine rings is 1. The van der Waals surface area contributed by atoms with E-state index in [4.69, 9.17) is 5.73 Å². The highest BCUT2D eigenvalue weighted by molar-refractivity contribution is 7.99. The van der Waals surface area contributed by atoms with Gasteiger partial charge in [-0.2, -0.15) is 11.8 Å². The number of aromatic nitrogens is 1. The van der Waals surface area contributed by atoms with Gasteiger partial charge in [-0.25, -0.2) is 0 Å². The molecule has 1 aromatic heterocycles. The second kappa shape index (κ2) is 5.29. The van der Waals surface area contributed by atoms with Crippen LogP contribution in [0.2, 0.25) is 0 Å². The Morgan fingerprint density at radius 1 is 1.32 bits per heavy atom. The van der Waals surface area contributed by atoms with E-state index in [9.17, 15) is 0 Å². The van der Waals surface area contributed by atoms with Gasteiger partial charge in [0.15, 0.2) is 0 Å². The number of nitrogens with one attached hydrogen (secondary N) is 1. The fourth-order valence-corrected chi connectivity index (χ4v) is 3.81. The topological polar surface area (TPSA) is 50.9 Å². The summed E-state index contributed by atoms with van der Waals surface area (Å²) < 4.78 is 0. The largest absolute Gasteiger partial charge is 0.397 e. The van der Waals surface area contributed by atoms with Crippen LogP contribution in [0.15, 0.2) is 30.5 Å². The average molecular weight is 273 g/mol. The Bertz CT molecular complexity index is 585. The number of anilines is 2. The Kier molecular flexibility index (Phi) is 3.51. The molecule has 0 radical (unpaired) electrons. The number of hydrogen-bond donors (Lipinski definition) is 2. The summed E-state index contributed by atoms with van der Waals surface area (Å²) in [7, 11) is 0. The molecule has 100 valence electrons. The van der Waals surface area contributed by atoms with Crippen LogP contribution in [-0.4, -0.2) is 22.5 Å². The third kappa shape index (κ3) is 2.37. The zero-order valence-electron chi connectivity index (χ0n) is 11.1. The highest BCUT2D eigenvalue weighted by atomic mass is 32.2. The van der Waals surface area contributed by atoms with Crippen molar-refractivity contribution in [3.8, 4) is 0 Å².